The van der Waals surface area contributed by atoms with E-state index < -0.39 is 29.9 Å². The fourth-order valence-corrected chi connectivity index (χ4v) is 6.33. The van der Waals surface area contributed by atoms with Crippen LogP contribution in [0.5, 0.6) is 0 Å². The molecule has 1 aliphatic heterocycles. The van der Waals surface area contributed by atoms with E-state index in [2.05, 4.69) is 17.6 Å². The number of thiocarbonyl (C=S) groups is 1. The molecule has 1 saturated heterocycles. The highest BCUT2D eigenvalue weighted by Gasteiger charge is 2.27. The van der Waals surface area contributed by atoms with Gasteiger partial charge in [0.15, 0.2) is 5.11 Å². The van der Waals surface area contributed by atoms with Gasteiger partial charge >= 0.3 is 23.9 Å². The van der Waals surface area contributed by atoms with Crippen molar-refractivity contribution in [2.75, 3.05) is 163 Å². The highest BCUT2D eigenvalue weighted by atomic mass is 32.1. The molecule has 1 aromatic carbocycles. The summed E-state index contributed by atoms with van der Waals surface area (Å²) >= 11 is 5.44. The van der Waals surface area contributed by atoms with E-state index in [1.807, 2.05) is 24.3 Å². The molecule has 20 nitrogen and oxygen atoms in total. The number of benzene rings is 1. The molecule has 0 aromatic heterocycles. The molecule has 21 heteroatoms. The minimum Gasteiger partial charge on any atom is -0.480 e. The van der Waals surface area contributed by atoms with Gasteiger partial charge in [-0.3, -0.25) is 38.8 Å². The Labute approximate surface area is 357 Å². The van der Waals surface area contributed by atoms with Crippen molar-refractivity contribution in [1.29, 1.82) is 0 Å². The standard InChI is InChI=1S/C39H66N6O14S/c1-2-14-54-16-18-56-20-22-58-24-25-59-23-21-57-19-17-55-15-7-40-39(60)41-33-5-3-32(4-6-33)26-34-27-44(30-37(50)51)11-10-42(28-35(46)47)8-9-43(29-36(48)49)12-13-45(34)31-38(52)53/h3-6,34H,2,7-31H2,1H3,(H,46,47)(H,48,49)(H,50,51)(H,52,53)(H2,40,41,60). The first-order chi connectivity index (χ1) is 28.9. The Morgan fingerprint density at radius 1 is 0.583 bits per heavy atom. The maximum Gasteiger partial charge on any atom is 0.317 e. The van der Waals surface area contributed by atoms with Crippen LogP contribution >= 0.6 is 12.2 Å². The zero-order valence-electron chi connectivity index (χ0n) is 34.8. The quantitative estimate of drug-likeness (QED) is 0.0424. The number of anilines is 1. The Kier molecular flexibility index (Phi) is 29.0. The Morgan fingerprint density at radius 3 is 1.43 bits per heavy atom. The molecule has 0 amide bonds. The second-order valence-corrected chi connectivity index (χ2v) is 14.4. The number of carboxylic acids is 4. The van der Waals surface area contributed by atoms with E-state index in [-0.39, 0.29) is 72.0 Å². The minimum absolute atomic E-state index is 0.180. The van der Waals surface area contributed by atoms with Crippen molar-refractivity contribution in [3.8, 4) is 0 Å². The first kappa shape index (κ1) is 52.5. The Bertz CT molecular complexity index is 1370. The van der Waals surface area contributed by atoms with Crippen molar-refractivity contribution in [3.05, 3.63) is 29.8 Å². The zero-order valence-corrected chi connectivity index (χ0v) is 35.7. The van der Waals surface area contributed by atoms with E-state index in [1.165, 1.54) is 0 Å². The number of nitrogens with zero attached hydrogens (tertiary/aromatic N) is 4. The average Bonchev–Trinajstić information content (AvgIpc) is 3.18. The van der Waals surface area contributed by atoms with Gasteiger partial charge in [-0.05, 0) is 42.8 Å². The summed E-state index contributed by atoms with van der Waals surface area (Å²) in [7, 11) is 0. The molecule has 60 heavy (non-hydrogen) atoms. The smallest absolute Gasteiger partial charge is 0.317 e. The molecular weight excluding hydrogens is 809 g/mol. The van der Waals surface area contributed by atoms with Gasteiger partial charge in [0.1, 0.15) is 0 Å². The Balaban J connectivity index is 1.79. The lowest BCUT2D eigenvalue weighted by atomic mass is 10.0. The molecule has 0 bridgehead atoms. The Hall–Kier alpha value is -3.61. The molecule has 342 valence electrons. The predicted molar refractivity (Wildman–Crippen MR) is 225 cm³/mol. The summed E-state index contributed by atoms with van der Waals surface area (Å²) in [5.74, 6) is -4.25. The van der Waals surface area contributed by atoms with Crippen molar-refractivity contribution in [2.45, 2.75) is 25.8 Å². The molecule has 0 spiro atoms. The normalized spacial score (nSPS) is 16.4. The SMILES string of the molecule is CCCOCCOCCOCCOCCOCCOCCNC(=S)Nc1ccc(CC2CN(CC(=O)O)CCN(CC(=O)O)CCN(CC(=O)O)CCN2CC(=O)O)cc1. The van der Waals surface area contributed by atoms with Gasteiger partial charge in [-0.25, -0.2) is 0 Å². The number of ether oxygens (including phenoxy) is 6. The van der Waals surface area contributed by atoms with Crippen LogP contribution < -0.4 is 10.6 Å². The largest absolute Gasteiger partial charge is 0.480 e. The monoisotopic (exact) mass is 874 g/mol. The third kappa shape index (κ3) is 27.3. The molecule has 0 radical (unpaired) electrons. The Morgan fingerprint density at radius 2 is 0.983 bits per heavy atom. The predicted octanol–water partition coefficient (Wildman–Crippen LogP) is -0.0463. The molecule has 0 saturated carbocycles. The lowest BCUT2D eigenvalue weighted by molar-refractivity contribution is -0.142. The molecule has 1 unspecified atom stereocenters. The minimum atomic E-state index is -1.07. The van der Waals surface area contributed by atoms with Crippen molar-refractivity contribution in [1.82, 2.24) is 24.9 Å². The first-order valence-electron chi connectivity index (χ1n) is 20.3. The summed E-state index contributed by atoms with van der Waals surface area (Å²) in [6.07, 6.45) is 1.36. The van der Waals surface area contributed by atoms with E-state index in [9.17, 15) is 39.6 Å². The average molecular weight is 875 g/mol. The lowest BCUT2D eigenvalue weighted by Crippen LogP contribution is -2.53. The van der Waals surface area contributed by atoms with Gasteiger partial charge in [-0.2, -0.15) is 0 Å². The summed E-state index contributed by atoms with van der Waals surface area (Å²) in [4.78, 5) is 53.8. The number of aliphatic carboxylic acids is 4. The molecule has 6 N–H and O–H groups in total. The van der Waals surface area contributed by atoms with Gasteiger partial charge in [-0.15, -0.1) is 0 Å². The summed E-state index contributed by atoms with van der Waals surface area (Å²) < 4.78 is 32.8. The first-order valence-corrected chi connectivity index (χ1v) is 20.7. The fourth-order valence-electron chi connectivity index (χ4n) is 6.11. The maximum absolute atomic E-state index is 12.0. The highest BCUT2D eigenvalue weighted by Crippen LogP contribution is 2.16. The number of rotatable bonds is 31. The molecule has 1 aliphatic rings. The summed E-state index contributed by atoms with van der Waals surface area (Å²) in [6, 6.07) is 6.95. The molecular formula is C39H66N6O14S. The van der Waals surface area contributed by atoms with Crippen LogP contribution in [0.25, 0.3) is 0 Å². The van der Waals surface area contributed by atoms with Crippen molar-refractivity contribution < 1.29 is 68.0 Å². The van der Waals surface area contributed by atoms with Gasteiger partial charge < -0.3 is 59.5 Å². The van der Waals surface area contributed by atoms with Crippen LogP contribution in [0.4, 0.5) is 5.69 Å². The van der Waals surface area contributed by atoms with Gasteiger partial charge in [0.05, 0.1) is 98.9 Å². The van der Waals surface area contributed by atoms with Gasteiger partial charge in [-0.1, -0.05) is 19.1 Å². The lowest BCUT2D eigenvalue weighted by Gasteiger charge is -2.37. The summed E-state index contributed by atoms with van der Waals surface area (Å²) in [5.41, 5.74) is 1.57. The molecule has 0 aliphatic carbocycles. The zero-order chi connectivity index (χ0) is 43.8. The third-order valence-corrected chi connectivity index (χ3v) is 9.24. The number of carbonyl (C=O) groups is 4. The summed E-state index contributed by atoms with van der Waals surface area (Å²) in [6.45, 7) is 8.83. The molecule has 2 rings (SSSR count). The number of carboxylic acid groups (broad SMARTS) is 4. The highest BCUT2D eigenvalue weighted by molar-refractivity contribution is 7.80. The van der Waals surface area contributed by atoms with Crippen molar-refractivity contribution in [3.63, 3.8) is 0 Å². The van der Waals surface area contributed by atoms with Crippen LogP contribution in [0.3, 0.4) is 0 Å². The molecule has 1 atom stereocenters. The van der Waals surface area contributed by atoms with Crippen molar-refractivity contribution in [2.24, 2.45) is 0 Å². The van der Waals surface area contributed by atoms with Gasteiger partial charge in [0.2, 0.25) is 0 Å². The number of hydrogen-bond acceptors (Lipinski definition) is 15. The van der Waals surface area contributed by atoms with Crippen LogP contribution in [0.2, 0.25) is 0 Å². The van der Waals surface area contributed by atoms with Crippen molar-refractivity contribution >= 4 is 46.9 Å². The van der Waals surface area contributed by atoms with Gasteiger partial charge in [0, 0.05) is 70.7 Å². The summed E-state index contributed by atoms with van der Waals surface area (Å²) in [5, 5.41) is 45.1. The van der Waals surface area contributed by atoms with E-state index >= 15 is 0 Å². The topological polar surface area (TPSA) is 242 Å². The second-order valence-electron chi connectivity index (χ2n) is 13.9. The molecule has 1 aromatic rings. The maximum atomic E-state index is 12.0. The van der Waals surface area contributed by atoms with Crippen LogP contribution in [0.15, 0.2) is 24.3 Å². The van der Waals surface area contributed by atoms with Crippen LogP contribution in [-0.2, 0) is 54.0 Å². The van der Waals surface area contributed by atoms with E-state index in [0.717, 1.165) is 18.6 Å². The van der Waals surface area contributed by atoms with Crippen LogP contribution in [-0.4, -0.2) is 233 Å². The number of hydrogen-bond donors (Lipinski definition) is 6. The van der Waals surface area contributed by atoms with Crippen LogP contribution in [0, 0.1) is 0 Å². The fraction of sp³-hybridized carbons (Fsp3) is 0.718. The molecule has 1 heterocycles. The van der Waals surface area contributed by atoms with Crippen LogP contribution in [0.1, 0.15) is 18.9 Å². The van der Waals surface area contributed by atoms with E-state index in [1.54, 1.807) is 19.6 Å². The molecule has 1 fully saturated rings. The number of nitrogens with one attached hydrogen (secondary N) is 2. The van der Waals surface area contributed by atoms with E-state index in [0.29, 0.717) is 96.4 Å². The van der Waals surface area contributed by atoms with Gasteiger partial charge in [0.25, 0.3) is 0 Å². The second kappa shape index (κ2) is 33.1. The van der Waals surface area contributed by atoms with E-state index in [4.69, 9.17) is 40.6 Å². The third-order valence-electron chi connectivity index (χ3n) is 8.99.